The molecule has 0 fully saturated rings. The lowest BCUT2D eigenvalue weighted by molar-refractivity contribution is 0.476. The van der Waals surface area contributed by atoms with Crippen molar-refractivity contribution in [2.75, 3.05) is 0 Å². The van der Waals surface area contributed by atoms with Gasteiger partial charge in [0.05, 0.1) is 22.3 Å². The zero-order valence-electron chi connectivity index (χ0n) is 21.0. The summed E-state index contributed by atoms with van der Waals surface area (Å²) in [4.78, 5) is 9.96. The number of rotatable bonds is 4. The predicted molar refractivity (Wildman–Crippen MR) is 156 cm³/mol. The number of fused-ring (bicyclic) bond motifs is 3. The first-order chi connectivity index (χ1) is 18.7. The quantitative estimate of drug-likeness (QED) is 0.269. The van der Waals surface area contributed by atoms with Gasteiger partial charge in [0.25, 0.3) is 0 Å². The Balaban J connectivity index is 1.49. The highest BCUT2D eigenvalue weighted by atomic mass is 16.3. The molecule has 0 bridgehead atoms. The number of pyridine rings is 1. The molecule has 4 nitrogen and oxygen atoms in total. The molecule has 0 aliphatic heterocycles. The highest BCUT2D eigenvalue weighted by molar-refractivity contribution is 6.03. The number of aromatic hydroxyl groups is 1. The van der Waals surface area contributed by atoms with Crippen LogP contribution in [0.2, 0.25) is 0 Å². The molecule has 0 spiro atoms. The van der Waals surface area contributed by atoms with Crippen LogP contribution in [0.25, 0.3) is 66.4 Å². The van der Waals surface area contributed by atoms with E-state index in [1.54, 1.807) is 6.07 Å². The molecule has 0 aliphatic carbocycles. The highest BCUT2D eigenvalue weighted by Crippen LogP contribution is 2.38. The van der Waals surface area contributed by atoms with Gasteiger partial charge in [-0.05, 0) is 65.0 Å². The fraction of sp³-hybridized carbons (Fsp3) is 0.0588. The Morgan fingerprint density at radius 2 is 1.42 bits per heavy atom. The molecule has 1 N–H and O–H groups in total. The molecule has 0 radical (unpaired) electrons. The van der Waals surface area contributed by atoms with Crippen molar-refractivity contribution in [2.24, 2.45) is 0 Å². The minimum Gasteiger partial charge on any atom is -0.507 e. The zero-order valence-corrected chi connectivity index (χ0v) is 21.0. The Morgan fingerprint density at radius 3 is 2.26 bits per heavy atom. The van der Waals surface area contributed by atoms with Crippen molar-refractivity contribution in [1.82, 2.24) is 14.5 Å². The summed E-state index contributed by atoms with van der Waals surface area (Å²) >= 11 is 0. The van der Waals surface area contributed by atoms with E-state index >= 15 is 0 Å². The third-order valence-corrected chi connectivity index (χ3v) is 7.32. The van der Waals surface area contributed by atoms with E-state index in [2.05, 4.69) is 90.4 Å². The van der Waals surface area contributed by atoms with Crippen LogP contribution < -0.4 is 0 Å². The Bertz CT molecular complexity index is 1990. The molecule has 0 atom stereocenters. The fourth-order valence-electron chi connectivity index (χ4n) is 5.48. The predicted octanol–water partition coefficient (Wildman–Crippen LogP) is 8.46. The van der Waals surface area contributed by atoms with Gasteiger partial charge in [-0.1, -0.05) is 72.8 Å². The maximum absolute atomic E-state index is 10.6. The van der Waals surface area contributed by atoms with Gasteiger partial charge >= 0.3 is 0 Å². The number of para-hydroxylation sites is 2. The summed E-state index contributed by atoms with van der Waals surface area (Å²) in [7, 11) is 0. The summed E-state index contributed by atoms with van der Waals surface area (Å²) in [6.07, 6.45) is 1.95. The molecule has 7 aromatic rings. The van der Waals surface area contributed by atoms with Crippen LogP contribution in [-0.4, -0.2) is 19.6 Å². The van der Waals surface area contributed by atoms with Crippen LogP contribution >= 0.6 is 0 Å². The van der Waals surface area contributed by atoms with Crippen molar-refractivity contribution in [3.05, 3.63) is 115 Å². The van der Waals surface area contributed by atoms with Crippen LogP contribution in [0.4, 0.5) is 0 Å². The number of phenols is 1. The number of nitrogens with zero attached hydrogens (tertiary/aromatic N) is 3. The first-order valence-electron chi connectivity index (χ1n) is 12.9. The number of aromatic nitrogens is 3. The molecule has 182 valence electrons. The lowest BCUT2D eigenvalue weighted by atomic mass is 9.94. The number of aryl methyl sites for hydroxylation is 1. The highest BCUT2D eigenvalue weighted by Gasteiger charge is 2.18. The normalized spacial score (nSPS) is 11.5. The summed E-state index contributed by atoms with van der Waals surface area (Å²) < 4.78 is 2.17. The van der Waals surface area contributed by atoms with E-state index in [1.165, 1.54) is 10.8 Å². The van der Waals surface area contributed by atoms with Gasteiger partial charge in [0.15, 0.2) is 0 Å². The van der Waals surface area contributed by atoms with Gasteiger partial charge in [0.2, 0.25) is 0 Å². The SMILES string of the molecule is CCn1c(-c2ccccc2O)nc2c(-c3cc(-c4cc5ccccc5cn4)c4ccccc4c3)cccc21. The maximum atomic E-state index is 10.6. The van der Waals surface area contributed by atoms with Crippen molar-refractivity contribution in [1.29, 1.82) is 0 Å². The van der Waals surface area contributed by atoms with Gasteiger partial charge in [-0.15, -0.1) is 0 Å². The summed E-state index contributed by atoms with van der Waals surface area (Å²) in [6, 6.07) is 37.1. The molecule has 5 aromatic carbocycles. The van der Waals surface area contributed by atoms with Crippen molar-refractivity contribution in [3.8, 4) is 39.5 Å². The van der Waals surface area contributed by atoms with Gasteiger partial charge in [-0.3, -0.25) is 4.98 Å². The number of benzene rings is 5. The zero-order chi connectivity index (χ0) is 25.6. The van der Waals surface area contributed by atoms with Gasteiger partial charge < -0.3 is 9.67 Å². The molecule has 7 rings (SSSR count). The molecule has 4 heteroatoms. The molecule has 0 unspecified atom stereocenters. The molecule has 0 aliphatic rings. The van der Waals surface area contributed by atoms with Crippen LogP contribution in [0.15, 0.2) is 115 Å². The molecular formula is C34H25N3O. The molecule has 0 saturated carbocycles. The molecular weight excluding hydrogens is 466 g/mol. The van der Waals surface area contributed by atoms with Crippen molar-refractivity contribution < 1.29 is 5.11 Å². The standard InChI is InChI=1S/C34H25N3O/c1-2-37-31-16-9-15-27(33(31)36-34(37)28-14-7-8-17-32(28)38)25-18-23-11-5-6-13-26(23)29(19-25)30-20-22-10-3-4-12-24(22)21-35-30/h3-21,38H,2H2,1H3. The number of hydrogen-bond acceptors (Lipinski definition) is 3. The van der Waals surface area contributed by atoms with Crippen LogP contribution in [0, 0.1) is 0 Å². The molecule has 0 saturated heterocycles. The Morgan fingerprint density at radius 1 is 0.684 bits per heavy atom. The van der Waals surface area contributed by atoms with Crippen molar-refractivity contribution >= 4 is 32.6 Å². The van der Waals surface area contributed by atoms with E-state index < -0.39 is 0 Å². The number of imidazole rings is 1. The second-order valence-corrected chi connectivity index (χ2v) is 9.53. The van der Waals surface area contributed by atoms with E-state index in [-0.39, 0.29) is 5.75 Å². The number of hydrogen-bond donors (Lipinski definition) is 1. The van der Waals surface area contributed by atoms with Crippen LogP contribution in [0.5, 0.6) is 5.75 Å². The summed E-state index contributed by atoms with van der Waals surface area (Å²) in [6.45, 7) is 2.85. The molecule has 38 heavy (non-hydrogen) atoms. The van der Waals surface area contributed by atoms with Crippen molar-refractivity contribution in [2.45, 2.75) is 13.5 Å². The van der Waals surface area contributed by atoms with E-state index in [1.807, 2.05) is 30.5 Å². The topological polar surface area (TPSA) is 50.9 Å². The van der Waals surface area contributed by atoms with Gasteiger partial charge in [-0.25, -0.2) is 4.98 Å². The Hall–Kier alpha value is -4.96. The summed E-state index contributed by atoms with van der Waals surface area (Å²) in [5.41, 5.74) is 6.88. The lowest BCUT2D eigenvalue weighted by Gasteiger charge is -2.12. The molecule has 2 aromatic heterocycles. The van der Waals surface area contributed by atoms with Crippen LogP contribution in [0.3, 0.4) is 0 Å². The Labute approximate surface area is 220 Å². The third-order valence-electron chi connectivity index (χ3n) is 7.32. The van der Waals surface area contributed by atoms with E-state index in [4.69, 9.17) is 9.97 Å². The van der Waals surface area contributed by atoms with Gasteiger partial charge in [0, 0.05) is 29.3 Å². The fourth-order valence-corrected chi connectivity index (χ4v) is 5.48. The maximum Gasteiger partial charge on any atom is 0.144 e. The van der Waals surface area contributed by atoms with Crippen LogP contribution in [0.1, 0.15) is 6.92 Å². The molecule has 0 amide bonds. The summed E-state index contributed by atoms with van der Waals surface area (Å²) in [5.74, 6) is 1.000. The van der Waals surface area contributed by atoms with Crippen LogP contribution in [-0.2, 0) is 6.54 Å². The average Bonchev–Trinajstić information content (AvgIpc) is 3.35. The van der Waals surface area contributed by atoms with E-state index in [0.717, 1.165) is 62.1 Å². The minimum atomic E-state index is 0.231. The number of phenolic OH excluding ortho intramolecular Hbond substituents is 1. The van der Waals surface area contributed by atoms with Gasteiger partial charge in [-0.2, -0.15) is 0 Å². The Kier molecular flexibility index (Phi) is 5.19. The average molecular weight is 492 g/mol. The smallest absolute Gasteiger partial charge is 0.144 e. The van der Waals surface area contributed by atoms with E-state index in [9.17, 15) is 5.11 Å². The second kappa shape index (κ2) is 8.86. The first-order valence-corrected chi connectivity index (χ1v) is 12.9. The largest absolute Gasteiger partial charge is 0.507 e. The van der Waals surface area contributed by atoms with Gasteiger partial charge in [0.1, 0.15) is 11.6 Å². The minimum absolute atomic E-state index is 0.231. The molecule has 2 heterocycles. The summed E-state index contributed by atoms with van der Waals surface area (Å²) in [5, 5.41) is 15.2. The third kappa shape index (κ3) is 3.53. The van der Waals surface area contributed by atoms with E-state index in [0.29, 0.717) is 0 Å². The second-order valence-electron chi connectivity index (χ2n) is 9.53. The lowest BCUT2D eigenvalue weighted by Crippen LogP contribution is -1.97. The van der Waals surface area contributed by atoms with Crippen molar-refractivity contribution in [3.63, 3.8) is 0 Å². The monoisotopic (exact) mass is 491 g/mol. The first kappa shape index (κ1) is 22.3.